The Balaban J connectivity index is 1.67. The lowest BCUT2D eigenvalue weighted by Crippen LogP contribution is -2.34. The van der Waals surface area contributed by atoms with Crippen molar-refractivity contribution in [2.75, 3.05) is 6.54 Å². The molecule has 1 aromatic heterocycles. The number of carbonyl (C=O) groups excluding carboxylic acids is 1. The molecule has 0 spiro atoms. The van der Waals surface area contributed by atoms with Gasteiger partial charge in [-0.15, -0.1) is 0 Å². The van der Waals surface area contributed by atoms with Crippen LogP contribution in [0.1, 0.15) is 38.4 Å². The fourth-order valence-corrected chi connectivity index (χ4v) is 2.41. The fraction of sp³-hybridized carbons (Fsp3) is 0.692. The first-order valence-corrected chi connectivity index (χ1v) is 6.51. The van der Waals surface area contributed by atoms with E-state index in [-0.39, 0.29) is 11.8 Å². The minimum absolute atomic E-state index is 0.225. The molecule has 2 N–H and O–H groups in total. The lowest BCUT2D eigenvalue weighted by atomic mass is 9.82. The SMILES string of the molecule is CC1CCC(C(=O)NCCc2ncc[nH]2)CC1. The Labute approximate surface area is 102 Å². The molecule has 1 aromatic rings. The zero-order valence-corrected chi connectivity index (χ0v) is 10.4. The number of amides is 1. The second-order valence-electron chi connectivity index (χ2n) is 5.03. The van der Waals surface area contributed by atoms with E-state index < -0.39 is 0 Å². The maximum Gasteiger partial charge on any atom is 0.223 e. The molecule has 1 aliphatic carbocycles. The fourth-order valence-electron chi connectivity index (χ4n) is 2.41. The summed E-state index contributed by atoms with van der Waals surface area (Å²) >= 11 is 0. The quantitative estimate of drug-likeness (QED) is 0.837. The average Bonchev–Trinajstić information content (AvgIpc) is 2.83. The Hall–Kier alpha value is -1.32. The normalized spacial score (nSPS) is 24.5. The standard InChI is InChI=1S/C13H21N3O/c1-10-2-4-11(5-3-10)13(17)16-7-6-12-14-8-9-15-12/h8-11H,2-7H2,1H3,(H,14,15)(H,16,17). The van der Waals surface area contributed by atoms with E-state index in [0.717, 1.165) is 31.0 Å². The van der Waals surface area contributed by atoms with Gasteiger partial charge in [0.25, 0.3) is 0 Å². The molecule has 1 aliphatic rings. The summed E-state index contributed by atoms with van der Waals surface area (Å²) in [7, 11) is 0. The van der Waals surface area contributed by atoms with Crippen molar-refractivity contribution in [2.24, 2.45) is 11.8 Å². The lowest BCUT2D eigenvalue weighted by molar-refractivity contribution is -0.126. The highest BCUT2D eigenvalue weighted by Crippen LogP contribution is 2.28. The monoisotopic (exact) mass is 235 g/mol. The van der Waals surface area contributed by atoms with E-state index in [1.807, 2.05) is 0 Å². The second-order valence-corrected chi connectivity index (χ2v) is 5.03. The summed E-state index contributed by atoms with van der Waals surface area (Å²) in [4.78, 5) is 19.1. The van der Waals surface area contributed by atoms with E-state index in [4.69, 9.17) is 0 Å². The molecule has 1 fully saturated rings. The predicted octanol–water partition coefficient (Wildman–Crippen LogP) is 1.89. The number of hydrogen-bond acceptors (Lipinski definition) is 2. The van der Waals surface area contributed by atoms with Gasteiger partial charge in [0.15, 0.2) is 0 Å². The van der Waals surface area contributed by atoms with Crippen LogP contribution in [0.15, 0.2) is 12.4 Å². The average molecular weight is 235 g/mol. The molecular weight excluding hydrogens is 214 g/mol. The first-order valence-electron chi connectivity index (χ1n) is 6.51. The van der Waals surface area contributed by atoms with Crippen LogP contribution >= 0.6 is 0 Å². The third-order valence-corrected chi connectivity index (χ3v) is 3.60. The van der Waals surface area contributed by atoms with Crippen LogP contribution in [0.2, 0.25) is 0 Å². The van der Waals surface area contributed by atoms with Gasteiger partial charge in [-0.2, -0.15) is 0 Å². The first kappa shape index (κ1) is 12.1. The largest absolute Gasteiger partial charge is 0.355 e. The minimum Gasteiger partial charge on any atom is -0.355 e. The maximum atomic E-state index is 11.9. The van der Waals surface area contributed by atoms with Crippen molar-refractivity contribution in [1.29, 1.82) is 0 Å². The first-order chi connectivity index (χ1) is 8.25. The summed E-state index contributed by atoms with van der Waals surface area (Å²) in [6.07, 6.45) is 8.80. The van der Waals surface area contributed by atoms with E-state index in [9.17, 15) is 4.79 Å². The number of rotatable bonds is 4. The van der Waals surface area contributed by atoms with E-state index >= 15 is 0 Å². The number of nitrogens with zero attached hydrogens (tertiary/aromatic N) is 1. The Morgan fingerprint density at radius 3 is 2.88 bits per heavy atom. The molecule has 0 bridgehead atoms. The summed E-state index contributed by atoms with van der Waals surface area (Å²) in [5.41, 5.74) is 0. The van der Waals surface area contributed by atoms with Gasteiger partial charge in [0, 0.05) is 31.3 Å². The summed E-state index contributed by atoms with van der Waals surface area (Å²) in [5.74, 6) is 2.19. The molecule has 0 unspecified atom stereocenters. The smallest absolute Gasteiger partial charge is 0.223 e. The zero-order chi connectivity index (χ0) is 12.1. The van der Waals surface area contributed by atoms with Crippen molar-refractivity contribution in [2.45, 2.75) is 39.0 Å². The summed E-state index contributed by atoms with van der Waals surface area (Å²) < 4.78 is 0. The van der Waals surface area contributed by atoms with E-state index in [2.05, 4.69) is 22.2 Å². The summed E-state index contributed by atoms with van der Waals surface area (Å²) in [6, 6.07) is 0. The summed E-state index contributed by atoms with van der Waals surface area (Å²) in [5, 5.41) is 3.01. The van der Waals surface area contributed by atoms with Crippen molar-refractivity contribution in [1.82, 2.24) is 15.3 Å². The van der Waals surface area contributed by atoms with Crippen molar-refractivity contribution in [3.8, 4) is 0 Å². The molecule has 1 saturated carbocycles. The van der Waals surface area contributed by atoms with Gasteiger partial charge in [-0.3, -0.25) is 4.79 Å². The molecule has 1 heterocycles. The van der Waals surface area contributed by atoms with Gasteiger partial charge in [0.05, 0.1) is 0 Å². The van der Waals surface area contributed by atoms with Crippen LogP contribution in [0.5, 0.6) is 0 Å². The molecule has 4 nitrogen and oxygen atoms in total. The van der Waals surface area contributed by atoms with Gasteiger partial charge in [-0.1, -0.05) is 6.92 Å². The highest BCUT2D eigenvalue weighted by Gasteiger charge is 2.23. The number of H-pyrrole nitrogens is 1. The zero-order valence-electron chi connectivity index (χ0n) is 10.4. The van der Waals surface area contributed by atoms with Gasteiger partial charge in [0.1, 0.15) is 5.82 Å². The van der Waals surface area contributed by atoms with Crippen LogP contribution in [0, 0.1) is 11.8 Å². The van der Waals surface area contributed by atoms with E-state index in [0.29, 0.717) is 6.54 Å². The molecule has 0 aromatic carbocycles. The number of aromatic nitrogens is 2. The number of carbonyl (C=O) groups is 1. The Morgan fingerprint density at radius 1 is 1.47 bits per heavy atom. The molecule has 94 valence electrons. The van der Waals surface area contributed by atoms with Crippen LogP contribution < -0.4 is 5.32 Å². The molecule has 0 radical (unpaired) electrons. The van der Waals surface area contributed by atoms with Crippen molar-refractivity contribution in [3.05, 3.63) is 18.2 Å². The van der Waals surface area contributed by atoms with Gasteiger partial charge in [-0.05, 0) is 31.6 Å². The van der Waals surface area contributed by atoms with Crippen LogP contribution in [0.25, 0.3) is 0 Å². The summed E-state index contributed by atoms with van der Waals surface area (Å²) in [6.45, 7) is 2.95. The van der Waals surface area contributed by atoms with Gasteiger partial charge in [0.2, 0.25) is 5.91 Å². The minimum atomic E-state index is 0.225. The highest BCUT2D eigenvalue weighted by molar-refractivity contribution is 5.78. The van der Waals surface area contributed by atoms with Crippen molar-refractivity contribution in [3.63, 3.8) is 0 Å². The van der Waals surface area contributed by atoms with Crippen molar-refractivity contribution >= 4 is 5.91 Å². The molecule has 4 heteroatoms. The van der Waals surface area contributed by atoms with Crippen LogP contribution in [-0.4, -0.2) is 22.4 Å². The van der Waals surface area contributed by atoms with E-state index in [1.165, 1.54) is 12.8 Å². The van der Waals surface area contributed by atoms with Gasteiger partial charge < -0.3 is 10.3 Å². The number of nitrogens with one attached hydrogen (secondary N) is 2. The molecular formula is C13H21N3O. The lowest BCUT2D eigenvalue weighted by Gasteiger charge is -2.25. The Morgan fingerprint density at radius 2 is 2.24 bits per heavy atom. The molecule has 1 amide bonds. The maximum absolute atomic E-state index is 11.9. The van der Waals surface area contributed by atoms with Gasteiger partial charge in [-0.25, -0.2) is 4.98 Å². The number of aromatic amines is 1. The number of imidazole rings is 1. The molecule has 17 heavy (non-hydrogen) atoms. The Kier molecular flexibility index (Phi) is 4.18. The third kappa shape index (κ3) is 3.58. The van der Waals surface area contributed by atoms with Gasteiger partial charge >= 0.3 is 0 Å². The molecule has 0 atom stereocenters. The van der Waals surface area contributed by atoms with Crippen LogP contribution in [0.3, 0.4) is 0 Å². The van der Waals surface area contributed by atoms with Crippen molar-refractivity contribution < 1.29 is 4.79 Å². The second kappa shape index (κ2) is 5.84. The highest BCUT2D eigenvalue weighted by atomic mass is 16.1. The van der Waals surface area contributed by atoms with Crippen LogP contribution in [-0.2, 0) is 11.2 Å². The third-order valence-electron chi connectivity index (χ3n) is 3.60. The predicted molar refractivity (Wildman–Crippen MR) is 66.4 cm³/mol. The molecule has 0 saturated heterocycles. The van der Waals surface area contributed by atoms with Crippen LogP contribution in [0.4, 0.5) is 0 Å². The Bertz CT molecular complexity index is 340. The topological polar surface area (TPSA) is 57.8 Å². The molecule has 2 rings (SSSR count). The van der Waals surface area contributed by atoms with E-state index in [1.54, 1.807) is 12.4 Å². The molecule has 0 aliphatic heterocycles. The number of hydrogen-bond donors (Lipinski definition) is 2.